The standard InChI is InChI=1S/C25H31N5O2S/c1-28(33(31,32)24-11-6-3-7-12-24)21-23(22-9-4-2-5-10-22)13-16-29-17-19-30(20-18-29)25-26-14-8-15-27-25/h2-12,14-15,23H,13,16-21H2,1H3. The number of hydrogen-bond acceptors (Lipinski definition) is 6. The van der Waals surface area contributed by atoms with E-state index in [2.05, 4.69) is 31.9 Å². The van der Waals surface area contributed by atoms with Crippen LogP contribution in [0.3, 0.4) is 0 Å². The molecule has 1 aliphatic heterocycles. The molecule has 1 fully saturated rings. The molecule has 1 aromatic heterocycles. The van der Waals surface area contributed by atoms with Crippen molar-refractivity contribution in [2.45, 2.75) is 17.2 Å². The maximum Gasteiger partial charge on any atom is 0.242 e. The summed E-state index contributed by atoms with van der Waals surface area (Å²) in [5, 5.41) is 0. The zero-order valence-electron chi connectivity index (χ0n) is 19.0. The van der Waals surface area contributed by atoms with Crippen molar-refractivity contribution >= 4 is 16.0 Å². The third kappa shape index (κ3) is 5.96. The first-order valence-electron chi connectivity index (χ1n) is 11.3. The molecule has 0 N–H and O–H groups in total. The highest BCUT2D eigenvalue weighted by atomic mass is 32.2. The summed E-state index contributed by atoms with van der Waals surface area (Å²) < 4.78 is 27.6. The van der Waals surface area contributed by atoms with Gasteiger partial charge in [0.25, 0.3) is 0 Å². The average molecular weight is 466 g/mol. The number of sulfonamides is 1. The van der Waals surface area contributed by atoms with Crippen LogP contribution in [0.5, 0.6) is 0 Å². The fourth-order valence-corrected chi connectivity index (χ4v) is 5.47. The van der Waals surface area contributed by atoms with E-state index in [0.29, 0.717) is 11.4 Å². The van der Waals surface area contributed by atoms with Gasteiger partial charge in [-0.15, -0.1) is 0 Å². The van der Waals surface area contributed by atoms with Gasteiger partial charge in [-0.25, -0.2) is 22.7 Å². The van der Waals surface area contributed by atoms with Crippen LogP contribution in [0.15, 0.2) is 84.0 Å². The van der Waals surface area contributed by atoms with Gasteiger partial charge in [-0.2, -0.15) is 0 Å². The largest absolute Gasteiger partial charge is 0.338 e. The normalized spacial score (nSPS) is 16.1. The van der Waals surface area contributed by atoms with Crippen LogP contribution in [0.4, 0.5) is 5.95 Å². The molecule has 0 aliphatic carbocycles. The molecule has 8 heteroatoms. The number of anilines is 1. The van der Waals surface area contributed by atoms with Crippen molar-refractivity contribution in [3.63, 3.8) is 0 Å². The summed E-state index contributed by atoms with van der Waals surface area (Å²) in [5.41, 5.74) is 1.17. The molecule has 0 radical (unpaired) electrons. The smallest absolute Gasteiger partial charge is 0.242 e. The molecule has 2 heterocycles. The van der Waals surface area contributed by atoms with E-state index in [1.807, 2.05) is 30.3 Å². The molecule has 1 atom stereocenters. The van der Waals surface area contributed by atoms with Crippen LogP contribution in [-0.2, 0) is 10.0 Å². The Morgan fingerprint density at radius 1 is 0.879 bits per heavy atom. The van der Waals surface area contributed by atoms with Gasteiger partial charge in [-0.05, 0) is 42.6 Å². The summed E-state index contributed by atoms with van der Waals surface area (Å²) >= 11 is 0. The Balaban J connectivity index is 1.39. The molecule has 4 rings (SSSR count). The fourth-order valence-electron chi connectivity index (χ4n) is 4.23. The monoisotopic (exact) mass is 465 g/mol. The van der Waals surface area contributed by atoms with Crippen molar-refractivity contribution in [1.82, 2.24) is 19.2 Å². The first-order chi connectivity index (χ1) is 16.0. The van der Waals surface area contributed by atoms with Gasteiger partial charge in [0.2, 0.25) is 16.0 Å². The topological polar surface area (TPSA) is 69.6 Å². The van der Waals surface area contributed by atoms with Crippen LogP contribution >= 0.6 is 0 Å². The number of benzene rings is 2. The summed E-state index contributed by atoms with van der Waals surface area (Å²) in [6, 6.07) is 20.7. The van der Waals surface area contributed by atoms with Crippen molar-refractivity contribution < 1.29 is 8.42 Å². The van der Waals surface area contributed by atoms with E-state index >= 15 is 0 Å². The molecule has 7 nitrogen and oxygen atoms in total. The van der Waals surface area contributed by atoms with E-state index in [0.717, 1.165) is 45.1 Å². The van der Waals surface area contributed by atoms with Crippen LogP contribution < -0.4 is 4.90 Å². The van der Waals surface area contributed by atoms with E-state index in [-0.39, 0.29) is 5.92 Å². The molecule has 0 spiro atoms. The van der Waals surface area contributed by atoms with Crippen LogP contribution in [-0.4, -0.2) is 73.9 Å². The van der Waals surface area contributed by atoms with Gasteiger partial charge in [0.15, 0.2) is 0 Å². The zero-order chi connectivity index (χ0) is 23.1. The van der Waals surface area contributed by atoms with Crippen LogP contribution in [0, 0.1) is 0 Å². The summed E-state index contributed by atoms with van der Waals surface area (Å²) in [6.07, 6.45) is 4.44. The Hall–Kier alpha value is -2.81. The van der Waals surface area contributed by atoms with Gasteiger partial charge in [0.05, 0.1) is 4.90 Å². The second kappa shape index (κ2) is 10.9. The lowest BCUT2D eigenvalue weighted by molar-refractivity contribution is 0.243. The predicted octanol–water partition coefficient (Wildman–Crippen LogP) is 3.09. The highest BCUT2D eigenvalue weighted by Crippen LogP contribution is 2.24. The summed E-state index contributed by atoms with van der Waals surface area (Å²) in [4.78, 5) is 13.7. The number of aromatic nitrogens is 2. The second-order valence-corrected chi connectivity index (χ2v) is 10.4. The molecular weight excluding hydrogens is 434 g/mol. The lowest BCUT2D eigenvalue weighted by atomic mass is 9.95. The third-order valence-corrected chi connectivity index (χ3v) is 8.04. The highest BCUT2D eigenvalue weighted by molar-refractivity contribution is 7.89. The molecule has 1 saturated heterocycles. The van der Waals surface area contributed by atoms with E-state index in [9.17, 15) is 8.42 Å². The van der Waals surface area contributed by atoms with Crippen molar-refractivity contribution in [2.75, 3.05) is 51.2 Å². The Bertz CT molecular complexity index is 1090. The molecule has 1 unspecified atom stereocenters. The van der Waals surface area contributed by atoms with Crippen LogP contribution in [0.25, 0.3) is 0 Å². The summed E-state index contributed by atoms with van der Waals surface area (Å²) in [6.45, 7) is 5.03. The molecule has 0 amide bonds. The van der Waals surface area contributed by atoms with Gasteiger partial charge < -0.3 is 4.90 Å². The lowest BCUT2D eigenvalue weighted by Crippen LogP contribution is -2.47. The Kier molecular flexibility index (Phi) is 7.69. The fraction of sp³-hybridized carbons (Fsp3) is 0.360. The Morgan fingerprint density at radius 2 is 1.48 bits per heavy atom. The number of nitrogens with zero attached hydrogens (tertiary/aromatic N) is 5. The van der Waals surface area contributed by atoms with Gasteiger partial charge in [-0.3, -0.25) is 4.90 Å². The highest BCUT2D eigenvalue weighted by Gasteiger charge is 2.26. The molecular formula is C25H31N5O2S. The van der Waals surface area contributed by atoms with Gasteiger partial charge in [0.1, 0.15) is 0 Å². The zero-order valence-corrected chi connectivity index (χ0v) is 19.8. The van der Waals surface area contributed by atoms with E-state index in [1.165, 1.54) is 9.87 Å². The van der Waals surface area contributed by atoms with Gasteiger partial charge in [0, 0.05) is 52.2 Å². The number of hydrogen-bond donors (Lipinski definition) is 0. The first-order valence-corrected chi connectivity index (χ1v) is 12.8. The lowest BCUT2D eigenvalue weighted by Gasteiger charge is -2.35. The summed E-state index contributed by atoms with van der Waals surface area (Å²) in [5.74, 6) is 0.900. The molecule has 0 bridgehead atoms. The maximum atomic E-state index is 13.1. The third-order valence-electron chi connectivity index (χ3n) is 6.20. The van der Waals surface area contributed by atoms with Gasteiger partial charge >= 0.3 is 0 Å². The van der Waals surface area contributed by atoms with Crippen molar-refractivity contribution in [3.8, 4) is 0 Å². The predicted molar refractivity (Wildman–Crippen MR) is 131 cm³/mol. The molecule has 1 aliphatic rings. The van der Waals surface area contributed by atoms with Crippen molar-refractivity contribution in [3.05, 3.63) is 84.7 Å². The molecule has 2 aromatic carbocycles. The quantitative estimate of drug-likeness (QED) is 0.484. The van der Waals surface area contributed by atoms with Crippen molar-refractivity contribution in [1.29, 1.82) is 0 Å². The van der Waals surface area contributed by atoms with Crippen LogP contribution in [0.2, 0.25) is 0 Å². The minimum absolute atomic E-state index is 0.116. The number of rotatable bonds is 9. The molecule has 3 aromatic rings. The maximum absolute atomic E-state index is 13.1. The van der Waals surface area contributed by atoms with Crippen LogP contribution in [0.1, 0.15) is 17.9 Å². The Labute approximate surface area is 196 Å². The average Bonchev–Trinajstić information content (AvgIpc) is 2.88. The number of likely N-dealkylation sites (N-methyl/N-ethyl adjacent to an activating group) is 1. The van der Waals surface area contributed by atoms with E-state index in [1.54, 1.807) is 43.7 Å². The summed E-state index contributed by atoms with van der Waals surface area (Å²) in [7, 11) is -1.85. The minimum Gasteiger partial charge on any atom is -0.338 e. The van der Waals surface area contributed by atoms with Crippen molar-refractivity contribution in [2.24, 2.45) is 0 Å². The number of piperazine rings is 1. The molecule has 0 saturated carbocycles. The van der Waals surface area contributed by atoms with E-state index < -0.39 is 10.0 Å². The SMILES string of the molecule is CN(CC(CCN1CCN(c2ncccn2)CC1)c1ccccc1)S(=O)(=O)c1ccccc1. The van der Waals surface area contributed by atoms with Gasteiger partial charge in [-0.1, -0.05) is 48.5 Å². The second-order valence-electron chi connectivity index (χ2n) is 8.37. The van der Waals surface area contributed by atoms with E-state index in [4.69, 9.17) is 0 Å². The Morgan fingerprint density at radius 3 is 2.12 bits per heavy atom. The first kappa shape index (κ1) is 23.4. The molecule has 33 heavy (non-hydrogen) atoms. The minimum atomic E-state index is -3.52. The molecule has 174 valence electrons.